The minimum Gasteiger partial charge on any atom is -0.492 e. The molecule has 0 aliphatic carbocycles. The molecular weight excluding hydrogens is 1130 g/mol. The number of anilines is 1. The minimum absolute atomic E-state index is 0.0404. The Morgan fingerprint density at radius 1 is 0.600 bits per heavy atom. The lowest BCUT2D eigenvalue weighted by Crippen LogP contribution is -2.32. The largest absolute Gasteiger partial charge is 0.492 e. The fraction of sp³-hybridized carbons (Fsp3) is 0.412. The van der Waals surface area contributed by atoms with E-state index in [4.69, 9.17) is 33.3 Å². The highest BCUT2D eigenvalue weighted by atomic mass is 32.2. The smallest absolute Gasteiger partial charge is 0.335 e. The Hall–Kier alpha value is -5.90. The second-order valence-corrected chi connectivity index (χ2v) is 24.8. The summed E-state index contributed by atoms with van der Waals surface area (Å²) >= 11 is 0. The molecule has 2 aliphatic rings. The summed E-state index contributed by atoms with van der Waals surface area (Å²) in [6, 6.07) is 11.8. The van der Waals surface area contributed by atoms with Crippen molar-refractivity contribution in [1.29, 1.82) is 0 Å². The van der Waals surface area contributed by atoms with Crippen LogP contribution < -0.4 is 9.74 Å². The third-order valence-electron chi connectivity index (χ3n) is 13.6. The number of hydrogen-bond acceptors (Lipinski definition) is 19. The molecule has 0 saturated heterocycles. The molecule has 1 aromatic heterocycles. The summed E-state index contributed by atoms with van der Waals surface area (Å²) in [7, 11) is -17.3. The van der Waals surface area contributed by atoms with Crippen LogP contribution in [0.4, 0.5) is 11.4 Å². The summed E-state index contributed by atoms with van der Waals surface area (Å²) in [4.78, 5) is 16.4. The van der Waals surface area contributed by atoms with Crippen LogP contribution in [0, 0.1) is 0 Å². The Morgan fingerprint density at radius 2 is 1.11 bits per heavy atom. The average Bonchev–Trinajstić information content (AvgIpc) is 3.96. The van der Waals surface area contributed by atoms with E-state index in [1.807, 2.05) is 11.8 Å². The highest BCUT2D eigenvalue weighted by Gasteiger charge is 2.48. The third-order valence-corrected chi connectivity index (χ3v) is 17.1. The topological polar surface area (TPSA) is 351 Å². The molecule has 0 bridgehead atoms. The number of ether oxygens (including phenoxy) is 6. The Kier molecular flexibility index (Phi) is 19.0. The molecule has 25 nitrogen and oxygen atoms in total. The van der Waals surface area contributed by atoms with Gasteiger partial charge in [-0.2, -0.15) is 38.2 Å². The van der Waals surface area contributed by atoms with Crippen molar-refractivity contribution in [3.8, 4) is 11.8 Å². The zero-order chi connectivity index (χ0) is 58.6. The van der Waals surface area contributed by atoms with Crippen molar-refractivity contribution in [1.82, 2.24) is 4.73 Å². The molecule has 0 spiro atoms. The molecule has 7 rings (SSSR count). The van der Waals surface area contributed by atoms with Crippen LogP contribution in [0.5, 0.6) is 11.8 Å². The molecule has 1 unspecified atom stereocenters. The zero-order valence-electron chi connectivity index (χ0n) is 44.1. The first-order chi connectivity index (χ1) is 37.5. The summed E-state index contributed by atoms with van der Waals surface area (Å²) in [5.41, 5.74) is 0.422. The van der Waals surface area contributed by atoms with Crippen molar-refractivity contribution in [2.45, 2.75) is 64.0 Å². The summed E-state index contributed by atoms with van der Waals surface area (Å²) in [5.74, 6) is -1.91. The van der Waals surface area contributed by atoms with Gasteiger partial charge in [-0.1, -0.05) is 12.1 Å². The second kappa shape index (κ2) is 24.7. The maximum Gasteiger partial charge on any atom is 0.335 e. The molecule has 4 aromatic carbocycles. The fourth-order valence-electron chi connectivity index (χ4n) is 10.0. The summed E-state index contributed by atoms with van der Waals surface area (Å²) < 4.78 is 179. The van der Waals surface area contributed by atoms with Crippen molar-refractivity contribution in [3.63, 3.8) is 0 Å². The van der Waals surface area contributed by atoms with Crippen LogP contribution in [0.1, 0.15) is 44.7 Å². The average molecular weight is 1200 g/mol. The van der Waals surface area contributed by atoms with Crippen LogP contribution in [0.3, 0.4) is 0 Å². The summed E-state index contributed by atoms with van der Waals surface area (Å²) in [6.07, 6.45) is 5.04. The maximum absolute atomic E-state index is 12.9. The lowest BCUT2D eigenvalue weighted by atomic mass is 9.76. The van der Waals surface area contributed by atoms with Crippen molar-refractivity contribution in [3.05, 3.63) is 95.7 Å². The Morgan fingerprint density at radius 3 is 1.65 bits per heavy atom. The number of benzene rings is 4. The summed E-state index contributed by atoms with van der Waals surface area (Å²) in [6.45, 7) is 7.32. The van der Waals surface area contributed by atoms with Crippen LogP contribution in [-0.2, 0) is 84.5 Å². The van der Waals surface area contributed by atoms with Gasteiger partial charge in [0.15, 0.2) is 12.3 Å². The SMILES string of the molecule is COCCOCCOCCOCCC1(C)C(=CC=CC2=[N+](CCOCCC(=O)On3c(O)ccc3O)c3ccc4c(S(=O)(=O)O)cc(S(=O)(=O)O)cc4c3C2(C)C)N(CCOC)c2ccc3c(S(=O)(=O)O)cc(S(=O)(=O)O)cc3c21. The van der Waals surface area contributed by atoms with Crippen molar-refractivity contribution in [2.75, 3.05) is 98.3 Å². The van der Waals surface area contributed by atoms with Gasteiger partial charge in [-0.15, -0.1) is 4.73 Å². The fourth-order valence-corrected chi connectivity index (χ4v) is 12.7. The lowest BCUT2D eigenvalue weighted by molar-refractivity contribution is -0.442. The first-order valence-electron chi connectivity index (χ1n) is 24.6. The molecular formula is C51H62N3O22S4+. The van der Waals surface area contributed by atoms with Gasteiger partial charge in [0.2, 0.25) is 17.4 Å². The predicted molar refractivity (Wildman–Crippen MR) is 288 cm³/mol. The van der Waals surface area contributed by atoms with E-state index in [0.29, 0.717) is 70.6 Å². The number of aromatic nitrogens is 1. The van der Waals surface area contributed by atoms with E-state index >= 15 is 0 Å². The monoisotopic (exact) mass is 1200 g/mol. The Labute approximate surface area is 462 Å². The minimum atomic E-state index is -5.10. The van der Waals surface area contributed by atoms with Crippen LogP contribution in [0.2, 0.25) is 0 Å². The van der Waals surface area contributed by atoms with Crippen LogP contribution >= 0.6 is 0 Å². The van der Waals surface area contributed by atoms with E-state index in [9.17, 15) is 66.9 Å². The van der Waals surface area contributed by atoms with Gasteiger partial charge in [-0.05, 0) is 86.0 Å². The highest BCUT2D eigenvalue weighted by molar-refractivity contribution is 7.87. The van der Waals surface area contributed by atoms with E-state index in [-0.39, 0.29) is 93.7 Å². The highest BCUT2D eigenvalue weighted by Crippen LogP contribution is 2.54. The number of allylic oxidation sites excluding steroid dienone is 4. The first-order valence-corrected chi connectivity index (χ1v) is 30.3. The number of hydrogen-bond donors (Lipinski definition) is 6. The molecule has 0 amide bonds. The van der Waals surface area contributed by atoms with Crippen molar-refractivity contribution >= 4 is 85.1 Å². The Bertz CT molecular complexity index is 3720. The van der Waals surface area contributed by atoms with E-state index in [2.05, 4.69) is 0 Å². The Balaban J connectivity index is 1.34. The number of rotatable bonds is 28. The molecule has 3 heterocycles. The van der Waals surface area contributed by atoms with Crippen LogP contribution in [0.25, 0.3) is 21.5 Å². The van der Waals surface area contributed by atoms with Crippen molar-refractivity contribution in [2.24, 2.45) is 0 Å². The third kappa shape index (κ3) is 13.4. The molecule has 0 fully saturated rings. The van der Waals surface area contributed by atoms with Gasteiger partial charge < -0.3 is 48.4 Å². The van der Waals surface area contributed by atoms with Gasteiger partial charge >= 0.3 is 5.97 Å². The maximum atomic E-state index is 12.9. The van der Waals surface area contributed by atoms with Gasteiger partial charge in [0.1, 0.15) is 16.4 Å². The van der Waals surface area contributed by atoms with E-state index in [1.165, 1.54) is 19.2 Å². The molecule has 5 aromatic rings. The quantitative estimate of drug-likeness (QED) is 0.0227. The van der Waals surface area contributed by atoms with Gasteiger partial charge in [0.05, 0.1) is 74.5 Å². The molecule has 0 saturated carbocycles. The molecule has 1 atom stereocenters. The molecule has 29 heteroatoms. The predicted octanol–water partition coefficient (Wildman–Crippen LogP) is 4.58. The number of aromatic hydroxyl groups is 2. The van der Waals surface area contributed by atoms with E-state index < -0.39 is 88.6 Å². The normalized spacial score (nSPS) is 17.2. The van der Waals surface area contributed by atoms with Gasteiger partial charge in [0, 0.05) is 84.8 Å². The number of carbonyl (C=O) groups is 1. The zero-order valence-corrected chi connectivity index (χ0v) is 47.4. The number of methoxy groups -OCH3 is 2. The second-order valence-electron chi connectivity index (χ2n) is 19.2. The van der Waals surface area contributed by atoms with Gasteiger partial charge in [0.25, 0.3) is 40.5 Å². The number of carbonyl (C=O) groups excluding carboxylic acids is 1. The molecule has 0 radical (unpaired) electrons. The van der Waals surface area contributed by atoms with Crippen LogP contribution in [-0.4, -0.2) is 176 Å². The van der Waals surface area contributed by atoms with E-state index in [0.717, 1.165) is 24.3 Å². The molecule has 6 N–H and O–H groups in total. The van der Waals surface area contributed by atoms with Crippen molar-refractivity contribution < 1.29 is 105 Å². The number of nitrogens with zero attached hydrogens (tertiary/aromatic N) is 3. The van der Waals surface area contributed by atoms with Crippen LogP contribution in [0.15, 0.2) is 104 Å². The molecule has 436 valence electrons. The lowest BCUT2D eigenvalue weighted by Gasteiger charge is -2.31. The van der Waals surface area contributed by atoms with Gasteiger partial charge in [-0.25, -0.2) is 4.79 Å². The van der Waals surface area contributed by atoms with E-state index in [1.54, 1.807) is 55.9 Å². The number of fused-ring (bicyclic) bond motifs is 6. The first kappa shape index (κ1) is 61.7. The standard InChI is InChI=1S/C51H61N3O22S4/c1-50(2)43(52(18-22-72-19-15-47(57)76-54-45(55)13-14-46(54)56)39-11-9-35-37(48(39)50)29-33(77(58,59)60)31-41(35)79(64,65)66)7-6-8-44-51(3,16-20-73-25-26-75-28-27-74-24-23-71-5)49-38-30-34(78(61,62)63)32-42(80(67,68)69)36(38)10-12-40(49)53(44)17-21-70-4/h6-14,29-32H,15-28H2,1-5H3,(H5-,55,56,58,59,60,61,62,63,64,65,66,67,68,69)/p+1. The summed E-state index contributed by atoms with van der Waals surface area (Å²) in [5, 5.41) is 19.8. The molecule has 2 aliphatic heterocycles. The van der Waals surface area contributed by atoms with Gasteiger partial charge in [-0.3, -0.25) is 18.2 Å². The molecule has 80 heavy (non-hydrogen) atoms.